The Kier molecular flexibility index (Phi) is 6.82. The van der Waals surface area contributed by atoms with E-state index in [-0.39, 0.29) is 31.7 Å². The minimum absolute atomic E-state index is 0. The Hall–Kier alpha value is -4.15. The molecule has 0 radical (unpaired) electrons. The van der Waals surface area contributed by atoms with Gasteiger partial charge in [0.2, 0.25) is 11.9 Å². The van der Waals surface area contributed by atoms with Crippen LogP contribution in [0.3, 0.4) is 0 Å². The number of nitrogen functional groups attached to an aromatic ring is 1. The van der Waals surface area contributed by atoms with E-state index in [1.54, 1.807) is 29.5 Å². The van der Waals surface area contributed by atoms with Crippen LogP contribution in [0.2, 0.25) is 0 Å². The predicted molar refractivity (Wildman–Crippen MR) is 134 cm³/mol. The molecule has 11 heteroatoms. The zero-order valence-corrected chi connectivity index (χ0v) is 19.8. The molecule has 11 nitrogen and oxygen atoms in total. The maximum absolute atomic E-state index is 12.1. The average molecular weight is 490 g/mol. The van der Waals surface area contributed by atoms with E-state index in [1.165, 1.54) is 0 Å². The highest BCUT2D eigenvalue weighted by Crippen LogP contribution is 2.38. The van der Waals surface area contributed by atoms with Crippen molar-refractivity contribution >= 4 is 11.9 Å². The van der Waals surface area contributed by atoms with Gasteiger partial charge in [0.15, 0.2) is 5.82 Å². The molecule has 36 heavy (non-hydrogen) atoms. The highest BCUT2D eigenvalue weighted by atomic mass is 16.5. The molecule has 1 aliphatic rings. The molecule has 0 aromatic carbocycles. The van der Waals surface area contributed by atoms with Crippen molar-refractivity contribution in [2.45, 2.75) is 59.0 Å². The SMILES string of the molecule is C.CC(C)[C@](C)(c1ccc(-c2cnc(N)nc2)nc1)c1noc(-c2cnn(CC(=O)NC3CC3)c2)n1. The normalized spacial score (nSPS) is 14.8. The van der Waals surface area contributed by atoms with Crippen LogP contribution in [0.1, 0.15) is 52.4 Å². The van der Waals surface area contributed by atoms with Gasteiger partial charge in [-0.1, -0.05) is 32.5 Å². The zero-order chi connectivity index (χ0) is 24.6. The third kappa shape index (κ3) is 4.95. The maximum atomic E-state index is 12.1. The highest BCUT2D eigenvalue weighted by molar-refractivity contribution is 5.76. The molecule has 188 valence electrons. The van der Waals surface area contributed by atoms with Gasteiger partial charge in [0.1, 0.15) is 6.54 Å². The van der Waals surface area contributed by atoms with Crippen LogP contribution in [-0.4, -0.2) is 46.8 Å². The number of anilines is 1. The second-order valence-electron chi connectivity index (χ2n) is 9.31. The molecule has 3 N–H and O–H groups in total. The molecule has 1 saturated carbocycles. The monoisotopic (exact) mass is 489 g/mol. The molecular formula is C25H31N9O2. The fourth-order valence-electron chi connectivity index (χ4n) is 3.82. The van der Waals surface area contributed by atoms with Crippen molar-refractivity contribution in [3.8, 4) is 22.7 Å². The number of nitrogens with two attached hydrogens (primary N) is 1. The Labute approximate surface area is 209 Å². The van der Waals surface area contributed by atoms with Gasteiger partial charge < -0.3 is 15.6 Å². The number of nitrogens with zero attached hydrogens (tertiary/aromatic N) is 7. The highest BCUT2D eigenvalue weighted by Gasteiger charge is 2.38. The molecule has 1 fully saturated rings. The molecule has 0 bridgehead atoms. The van der Waals surface area contributed by atoms with Crippen LogP contribution >= 0.6 is 0 Å². The number of amides is 1. The number of aromatic nitrogens is 7. The van der Waals surface area contributed by atoms with Crippen LogP contribution in [0.25, 0.3) is 22.7 Å². The Morgan fingerprint density at radius 2 is 1.92 bits per heavy atom. The molecule has 1 aliphatic carbocycles. The van der Waals surface area contributed by atoms with Gasteiger partial charge in [-0.2, -0.15) is 10.1 Å². The number of hydrogen-bond acceptors (Lipinski definition) is 9. The van der Waals surface area contributed by atoms with Crippen molar-refractivity contribution < 1.29 is 9.32 Å². The first kappa shape index (κ1) is 25.0. The smallest absolute Gasteiger partial charge is 0.261 e. The first-order valence-electron chi connectivity index (χ1n) is 11.5. The Bertz CT molecular complexity index is 1320. The van der Waals surface area contributed by atoms with Crippen LogP contribution in [-0.2, 0) is 16.8 Å². The van der Waals surface area contributed by atoms with Crippen LogP contribution in [0.5, 0.6) is 0 Å². The van der Waals surface area contributed by atoms with E-state index in [4.69, 9.17) is 15.2 Å². The van der Waals surface area contributed by atoms with Crippen LogP contribution in [0.15, 0.2) is 47.6 Å². The quantitative estimate of drug-likeness (QED) is 0.380. The van der Waals surface area contributed by atoms with Crippen molar-refractivity contribution in [3.63, 3.8) is 0 Å². The van der Waals surface area contributed by atoms with E-state index in [0.717, 1.165) is 29.7 Å². The summed E-state index contributed by atoms with van der Waals surface area (Å²) in [7, 11) is 0. The first-order chi connectivity index (χ1) is 16.8. The second kappa shape index (κ2) is 9.84. The van der Waals surface area contributed by atoms with E-state index < -0.39 is 5.41 Å². The van der Waals surface area contributed by atoms with Crippen molar-refractivity contribution in [1.29, 1.82) is 0 Å². The fraction of sp³-hybridized carbons (Fsp3) is 0.400. The van der Waals surface area contributed by atoms with E-state index in [0.29, 0.717) is 23.3 Å². The number of hydrogen-bond donors (Lipinski definition) is 2. The van der Waals surface area contributed by atoms with Gasteiger partial charge in [-0.15, -0.1) is 0 Å². The van der Waals surface area contributed by atoms with Gasteiger partial charge >= 0.3 is 0 Å². The number of carbonyl (C=O) groups excluding carboxylic acids is 1. The molecule has 4 aromatic heterocycles. The number of rotatable bonds is 8. The zero-order valence-electron chi connectivity index (χ0n) is 19.8. The second-order valence-corrected chi connectivity index (χ2v) is 9.31. The lowest BCUT2D eigenvalue weighted by molar-refractivity contribution is -0.122. The van der Waals surface area contributed by atoms with Gasteiger partial charge in [0.25, 0.3) is 5.89 Å². The van der Waals surface area contributed by atoms with Crippen molar-refractivity contribution in [2.75, 3.05) is 5.73 Å². The van der Waals surface area contributed by atoms with E-state index >= 15 is 0 Å². The summed E-state index contributed by atoms with van der Waals surface area (Å²) >= 11 is 0. The number of pyridine rings is 1. The Morgan fingerprint density at radius 1 is 1.17 bits per heavy atom. The van der Waals surface area contributed by atoms with Gasteiger partial charge in [-0.05, 0) is 37.3 Å². The van der Waals surface area contributed by atoms with Gasteiger partial charge in [0.05, 0.1) is 22.9 Å². The molecule has 0 saturated heterocycles. The van der Waals surface area contributed by atoms with E-state index in [1.807, 2.05) is 18.3 Å². The van der Waals surface area contributed by atoms with Crippen LogP contribution in [0.4, 0.5) is 5.95 Å². The molecule has 0 spiro atoms. The number of carbonyl (C=O) groups is 1. The lowest BCUT2D eigenvalue weighted by atomic mass is 9.73. The van der Waals surface area contributed by atoms with Crippen molar-refractivity contribution in [3.05, 3.63) is 54.5 Å². The van der Waals surface area contributed by atoms with Crippen molar-refractivity contribution in [2.24, 2.45) is 5.92 Å². The largest absolute Gasteiger partial charge is 0.368 e. The topological polar surface area (TPSA) is 151 Å². The molecule has 1 atom stereocenters. The molecular weight excluding hydrogens is 458 g/mol. The standard InChI is InChI=1S/C24H27N9O2.CH4/c1-14(2)24(3,17-4-7-19(26-11-17)15-8-27-23(25)28-9-15)22-31-21(35-32-22)16-10-29-33(12-16)13-20(34)30-18-5-6-18;/h4,7-12,14,18H,5-6,13H2,1-3H3,(H,30,34)(H2,25,27,28);1H4/t24-;/m1./s1. The summed E-state index contributed by atoms with van der Waals surface area (Å²) in [5, 5.41) is 11.5. The predicted octanol–water partition coefficient (Wildman–Crippen LogP) is 3.24. The Balaban J connectivity index is 0.00000304. The van der Waals surface area contributed by atoms with Gasteiger partial charge in [-0.3, -0.25) is 14.5 Å². The summed E-state index contributed by atoms with van der Waals surface area (Å²) in [6, 6.07) is 4.24. The first-order valence-corrected chi connectivity index (χ1v) is 11.5. The fourth-order valence-corrected chi connectivity index (χ4v) is 3.82. The summed E-state index contributed by atoms with van der Waals surface area (Å²) in [5.74, 6) is 1.21. The lowest BCUT2D eigenvalue weighted by Gasteiger charge is -2.30. The van der Waals surface area contributed by atoms with E-state index in [2.05, 4.69) is 51.3 Å². The molecule has 0 unspecified atom stereocenters. The van der Waals surface area contributed by atoms with Crippen molar-refractivity contribution in [1.82, 2.24) is 40.2 Å². The van der Waals surface area contributed by atoms with E-state index in [9.17, 15) is 4.79 Å². The Morgan fingerprint density at radius 3 is 2.56 bits per heavy atom. The third-order valence-electron chi connectivity index (χ3n) is 6.50. The summed E-state index contributed by atoms with van der Waals surface area (Å²) in [4.78, 5) is 29.4. The summed E-state index contributed by atoms with van der Waals surface area (Å²) in [5.41, 5.74) is 8.16. The summed E-state index contributed by atoms with van der Waals surface area (Å²) in [6.07, 6.45) is 10.6. The molecule has 4 aromatic rings. The molecule has 1 amide bonds. The minimum Gasteiger partial charge on any atom is -0.368 e. The summed E-state index contributed by atoms with van der Waals surface area (Å²) < 4.78 is 7.17. The minimum atomic E-state index is -0.551. The molecule has 4 heterocycles. The number of nitrogens with one attached hydrogen (secondary N) is 1. The third-order valence-corrected chi connectivity index (χ3v) is 6.50. The molecule has 5 rings (SSSR count). The van der Waals surface area contributed by atoms with Gasteiger partial charge in [-0.25, -0.2) is 9.97 Å². The average Bonchev–Trinajstić information content (AvgIpc) is 3.31. The van der Waals surface area contributed by atoms with Crippen LogP contribution in [0, 0.1) is 5.92 Å². The lowest BCUT2D eigenvalue weighted by Crippen LogP contribution is -2.31. The van der Waals surface area contributed by atoms with Crippen LogP contribution < -0.4 is 11.1 Å². The van der Waals surface area contributed by atoms with Gasteiger partial charge in [0, 0.05) is 36.4 Å². The molecule has 0 aliphatic heterocycles. The maximum Gasteiger partial charge on any atom is 0.261 e. The summed E-state index contributed by atoms with van der Waals surface area (Å²) in [6.45, 7) is 6.43.